The maximum Gasteiger partial charge on any atom is 0.181 e. The lowest BCUT2D eigenvalue weighted by atomic mass is 9.45. The Balaban J connectivity index is 1.33. The first kappa shape index (κ1) is 29.0. The van der Waals surface area contributed by atoms with Crippen LogP contribution in [-0.4, -0.2) is 41.0 Å². The predicted molar refractivity (Wildman–Crippen MR) is 152 cm³/mol. The molecule has 40 heavy (non-hydrogen) atoms. The number of benzene rings is 1. The second-order valence-electron chi connectivity index (χ2n) is 12.9. The lowest BCUT2D eigenvalue weighted by Gasteiger charge is -2.62. The number of hydrogen-bond acceptors (Lipinski definition) is 5. The van der Waals surface area contributed by atoms with Gasteiger partial charge in [0.05, 0.1) is 18.0 Å². The van der Waals surface area contributed by atoms with Gasteiger partial charge in [-0.2, -0.15) is 0 Å². The van der Waals surface area contributed by atoms with Crippen molar-refractivity contribution in [2.24, 2.45) is 22.7 Å². The maximum absolute atomic E-state index is 17.1. The SMILES string of the molecule is C=CC1(C)C(=C)[C@@H](F)CC2C3C[C@H]4O[C@@H](/C(C)=C/C=C(\C)OCc5cccc(N)c5)O[C@@]4(C)C3(C)CC(O)[C@@]21F. The van der Waals surface area contributed by atoms with Crippen molar-refractivity contribution in [2.75, 3.05) is 5.73 Å². The number of fused-ring (bicyclic) bond motifs is 5. The number of alkyl halides is 2. The molecule has 5 unspecified atom stereocenters. The molecule has 1 heterocycles. The number of nitrogens with two attached hydrogens (primary N) is 1. The molecule has 4 fully saturated rings. The van der Waals surface area contributed by atoms with Gasteiger partial charge in [0.1, 0.15) is 18.4 Å². The summed E-state index contributed by atoms with van der Waals surface area (Å²) in [6.45, 7) is 17.6. The summed E-state index contributed by atoms with van der Waals surface area (Å²) in [4.78, 5) is 0. The van der Waals surface area contributed by atoms with Gasteiger partial charge in [-0.05, 0) is 87.8 Å². The van der Waals surface area contributed by atoms with Crippen LogP contribution in [0.2, 0.25) is 0 Å². The van der Waals surface area contributed by atoms with Crippen molar-refractivity contribution in [3.8, 4) is 0 Å². The van der Waals surface area contributed by atoms with Crippen LogP contribution in [0.25, 0.3) is 0 Å². The molecule has 1 saturated heterocycles. The summed E-state index contributed by atoms with van der Waals surface area (Å²) >= 11 is 0. The van der Waals surface area contributed by atoms with Crippen LogP contribution in [0.4, 0.5) is 14.5 Å². The molecule has 218 valence electrons. The maximum atomic E-state index is 17.1. The Morgan fingerprint density at radius 2 is 1.93 bits per heavy atom. The number of halogens is 2. The van der Waals surface area contributed by atoms with Crippen LogP contribution in [0.3, 0.4) is 0 Å². The normalized spacial score (nSPS) is 45.0. The zero-order chi connectivity index (χ0) is 29.3. The Kier molecular flexibility index (Phi) is 7.12. The highest BCUT2D eigenvalue weighted by molar-refractivity contribution is 5.40. The fraction of sp³-hybridized carbons (Fsp3) is 0.576. The van der Waals surface area contributed by atoms with E-state index >= 15 is 8.78 Å². The van der Waals surface area contributed by atoms with Crippen LogP contribution in [0.1, 0.15) is 59.4 Å². The average Bonchev–Trinajstić information content (AvgIpc) is 3.36. The van der Waals surface area contributed by atoms with Crippen LogP contribution in [0.15, 0.2) is 72.6 Å². The van der Waals surface area contributed by atoms with E-state index in [1.807, 2.05) is 64.1 Å². The van der Waals surface area contributed by atoms with Crippen molar-refractivity contribution in [3.63, 3.8) is 0 Å². The largest absolute Gasteiger partial charge is 0.494 e. The van der Waals surface area contributed by atoms with E-state index in [1.54, 1.807) is 6.92 Å². The van der Waals surface area contributed by atoms with E-state index < -0.39 is 46.6 Å². The third-order valence-corrected chi connectivity index (χ3v) is 10.9. The first-order valence-electron chi connectivity index (χ1n) is 14.2. The summed E-state index contributed by atoms with van der Waals surface area (Å²) in [7, 11) is 0. The molecule has 3 saturated carbocycles. The third-order valence-electron chi connectivity index (χ3n) is 10.9. The number of aliphatic hydroxyl groups excluding tert-OH is 1. The van der Waals surface area contributed by atoms with E-state index in [4.69, 9.17) is 19.9 Å². The smallest absolute Gasteiger partial charge is 0.181 e. The molecule has 3 aliphatic carbocycles. The molecule has 0 bridgehead atoms. The van der Waals surface area contributed by atoms with E-state index in [-0.39, 0.29) is 30.4 Å². The van der Waals surface area contributed by atoms with Gasteiger partial charge in [0.15, 0.2) is 12.0 Å². The topological polar surface area (TPSA) is 73.9 Å². The quantitative estimate of drug-likeness (QED) is 0.176. The van der Waals surface area contributed by atoms with Gasteiger partial charge < -0.3 is 25.1 Å². The van der Waals surface area contributed by atoms with Crippen LogP contribution >= 0.6 is 0 Å². The van der Waals surface area contributed by atoms with Crippen molar-refractivity contribution < 1.29 is 28.1 Å². The zero-order valence-corrected chi connectivity index (χ0v) is 24.3. The van der Waals surface area contributed by atoms with E-state index in [1.165, 1.54) is 6.08 Å². The molecule has 1 aromatic rings. The van der Waals surface area contributed by atoms with Crippen LogP contribution in [-0.2, 0) is 20.8 Å². The Hall–Kier alpha value is -2.48. The highest BCUT2D eigenvalue weighted by Crippen LogP contribution is 2.71. The zero-order valence-electron chi connectivity index (χ0n) is 24.3. The number of rotatable bonds is 6. The summed E-state index contributed by atoms with van der Waals surface area (Å²) in [5.41, 5.74) is 3.75. The van der Waals surface area contributed by atoms with Crippen molar-refractivity contribution >= 4 is 5.69 Å². The van der Waals surface area contributed by atoms with Crippen molar-refractivity contribution in [2.45, 2.75) is 96.4 Å². The summed E-state index contributed by atoms with van der Waals surface area (Å²) in [5.74, 6) is -0.204. The standard InChI is InChI=1S/C33H43F2NO4/c1-8-30(5)21(4)26(34)15-25-24-16-28-32(7,31(24,6)17-27(37)33(25,30)35)40-29(39-28)19(2)12-13-20(3)38-18-22-10-9-11-23(36)14-22/h8-14,24-29,37H,1,4,15-18,36H2,2-3,5-7H3/b19-12+,20-13+/t24?,25?,26-,27?,28+,29+,30?,31?,32+,33-/m0/s1. The fourth-order valence-electron chi connectivity index (χ4n) is 8.05. The van der Waals surface area contributed by atoms with Gasteiger partial charge in [0, 0.05) is 22.4 Å². The molecule has 0 radical (unpaired) electrons. The van der Waals surface area contributed by atoms with Crippen LogP contribution in [0, 0.1) is 22.7 Å². The summed E-state index contributed by atoms with van der Waals surface area (Å²) < 4.78 is 51.3. The second-order valence-corrected chi connectivity index (χ2v) is 12.9. The first-order valence-corrected chi connectivity index (χ1v) is 14.2. The number of nitrogen functional groups attached to an aromatic ring is 1. The summed E-state index contributed by atoms with van der Waals surface area (Å²) in [5, 5.41) is 11.4. The molecule has 10 atom stereocenters. The molecule has 1 aliphatic heterocycles. The summed E-state index contributed by atoms with van der Waals surface area (Å²) in [6.07, 6.45) is 2.35. The van der Waals surface area contributed by atoms with Gasteiger partial charge >= 0.3 is 0 Å². The highest BCUT2D eigenvalue weighted by Gasteiger charge is 2.76. The summed E-state index contributed by atoms with van der Waals surface area (Å²) in [6, 6.07) is 7.57. The Morgan fingerprint density at radius 1 is 1.20 bits per heavy atom. The minimum absolute atomic E-state index is 0.0130. The average molecular weight is 556 g/mol. The fourth-order valence-corrected chi connectivity index (χ4v) is 8.05. The van der Waals surface area contributed by atoms with Crippen molar-refractivity contribution in [1.29, 1.82) is 0 Å². The van der Waals surface area contributed by atoms with Gasteiger partial charge in [0.2, 0.25) is 0 Å². The number of anilines is 1. The van der Waals surface area contributed by atoms with Gasteiger partial charge in [0.25, 0.3) is 0 Å². The highest BCUT2D eigenvalue weighted by atomic mass is 19.1. The number of aliphatic hydroxyl groups is 1. The molecule has 1 aromatic carbocycles. The molecule has 0 amide bonds. The van der Waals surface area contributed by atoms with Gasteiger partial charge in [-0.3, -0.25) is 0 Å². The van der Waals surface area contributed by atoms with E-state index in [0.29, 0.717) is 18.7 Å². The molecular formula is C33H43F2NO4. The number of hydrogen-bond donors (Lipinski definition) is 2. The minimum Gasteiger partial charge on any atom is -0.494 e. The Morgan fingerprint density at radius 3 is 2.60 bits per heavy atom. The third kappa shape index (κ3) is 4.03. The monoisotopic (exact) mass is 555 g/mol. The van der Waals surface area contributed by atoms with E-state index in [9.17, 15) is 5.11 Å². The van der Waals surface area contributed by atoms with Gasteiger partial charge in [-0.25, -0.2) is 8.78 Å². The lowest BCUT2D eigenvalue weighted by Crippen LogP contribution is -2.69. The molecule has 7 heteroatoms. The first-order chi connectivity index (χ1) is 18.7. The van der Waals surface area contributed by atoms with E-state index in [0.717, 1.165) is 16.9 Å². The Labute approximate surface area is 236 Å². The van der Waals surface area contributed by atoms with Crippen LogP contribution in [0.5, 0.6) is 0 Å². The molecule has 4 aliphatic rings. The molecule has 5 nitrogen and oxygen atoms in total. The second kappa shape index (κ2) is 9.81. The van der Waals surface area contributed by atoms with Crippen molar-refractivity contribution in [3.05, 3.63) is 78.1 Å². The number of allylic oxidation sites excluding steroid dienone is 5. The molecule has 0 spiro atoms. The predicted octanol–water partition coefficient (Wildman–Crippen LogP) is 6.74. The number of ether oxygens (including phenoxy) is 3. The molecule has 0 aromatic heterocycles. The van der Waals surface area contributed by atoms with Crippen LogP contribution < -0.4 is 5.73 Å². The van der Waals surface area contributed by atoms with Crippen molar-refractivity contribution in [1.82, 2.24) is 0 Å². The minimum atomic E-state index is -2.06. The molecule has 5 rings (SSSR count). The van der Waals surface area contributed by atoms with Gasteiger partial charge in [-0.1, -0.05) is 37.8 Å². The van der Waals surface area contributed by atoms with E-state index in [2.05, 4.69) is 13.2 Å². The molecular weight excluding hydrogens is 512 g/mol. The lowest BCUT2D eigenvalue weighted by molar-refractivity contribution is -0.229. The molecule has 3 N–H and O–H groups in total. The Bertz CT molecular complexity index is 1260. The van der Waals surface area contributed by atoms with Gasteiger partial charge in [-0.15, -0.1) is 6.58 Å².